The summed E-state index contributed by atoms with van der Waals surface area (Å²) in [6.07, 6.45) is 0. The van der Waals surface area contributed by atoms with Crippen molar-refractivity contribution in [3.63, 3.8) is 0 Å². The lowest BCUT2D eigenvalue weighted by Gasteiger charge is -2.10. The topological polar surface area (TPSA) is 38.9 Å². The van der Waals surface area contributed by atoms with E-state index in [4.69, 9.17) is 5.73 Å². The average Bonchev–Trinajstić information content (AvgIpc) is 2.16. The van der Waals surface area contributed by atoms with Gasteiger partial charge in [0, 0.05) is 17.1 Å². The highest BCUT2D eigenvalue weighted by molar-refractivity contribution is 5.82. The minimum atomic E-state index is 0.0570. The Balaban J connectivity index is 2.80. The van der Waals surface area contributed by atoms with Gasteiger partial charge < -0.3 is 5.73 Å². The van der Waals surface area contributed by atoms with E-state index in [-0.39, 0.29) is 6.04 Å². The Bertz CT molecular complexity index is 461. The number of nitrogens with two attached hydrogens (primary N) is 1. The molecular weight excluding hydrogens is 172 g/mol. The number of para-hydroxylation sites is 1. The lowest BCUT2D eigenvalue weighted by Crippen LogP contribution is -2.06. The Kier molecular flexibility index (Phi) is 2.22. The first-order valence-corrected chi connectivity index (χ1v) is 4.80. The smallest absolute Gasteiger partial charge is 0.0708 e. The summed E-state index contributed by atoms with van der Waals surface area (Å²) in [6, 6.07) is 10.2. The SMILES string of the molecule is Cc1cc([C@@H](C)N)c2ccccc2n1. The number of hydrogen-bond donors (Lipinski definition) is 1. The van der Waals surface area contributed by atoms with Gasteiger partial charge in [0.05, 0.1) is 5.52 Å². The van der Waals surface area contributed by atoms with Crippen LogP contribution in [-0.4, -0.2) is 4.98 Å². The fourth-order valence-corrected chi connectivity index (χ4v) is 1.72. The van der Waals surface area contributed by atoms with Crippen LogP contribution in [0.5, 0.6) is 0 Å². The van der Waals surface area contributed by atoms with Crippen molar-refractivity contribution in [2.75, 3.05) is 0 Å². The maximum atomic E-state index is 5.92. The molecule has 0 aliphatic heterocycles. The third kappa shape index (κ3) is 1.49. The summed E-state index contributed by atoms with van der Waals surface area (Å²) in [7, 11) is 0. The number of aryl methyl sites for hydroxylation is 1. The Labute approximate surface area is 83.8 Å². The first kappa shape index (κ1) is 9.16. The second kappa shape index (κ2) is 3.39. The van der Waals surface area contributed by atoms with Crippen LogP contribution in [0.25, 0.3) is 10.9 Å². The molecule has 2 N–H and O–H groups in total. The zero-order valence-corrected chi connectivity index (χ0v) is 8.49. The monoisotopic (exact) mass is 186 g/mol. The quantitative estimate of drug-likeness (QED) is 0.743. The van der Waals surface area contributed by atoms with Crippen LogP contribution in [0.4, 0.5) is 0 Å². The van der Waals surface area contributed by atoms with E-state index in [0.717, 1.165) is 16.6 Å². The van der Waals surface area contributed by atoms with Gasteiger partial charge in [0.25, 0.3) is 0 Å². The molecule has 0 aliphatic carbocycles. The van der Waals surface area contributed by atoms with Gasteiger partial charge in [-0.2, -0.15) is 0 Å². The van der Waals surface area contributed by atoms with Crippen molar-refractivity contribution < 1.29 is 0 Å². The van der Waals surface area contributed by atoms with Crippen LogP contribution >= 0.6 is 0 Å². The minimum absolute atomic E-state index is 0.0570. The van der Waals surface area contributed by atoms with E-state index in [1.165, 1.54) is 5.56 Å². The molecule has 2 aromatic rings. The van der Waals surface area contributed by atoms with Crippen molar-refractivity contribution in [3.05, 3.63) is 41.6 Å². The van der Waals surface area contributed by atoms with Crippen molar-refractivity contribution in [2.45, 2.75) is 19.9 Å². The Morgan fingerprint density at radius 1 is 1.29 bits per heavy atom. The van der Waals surface area contributed by atoms with E-state index < -0.39 is 0 Å². The predicted molar refractivity (Wildman–Crippen MR) is 59.1 cm³/mol. The number of hydrogen-bond acceptors (Lipinski definition) is 2. The van der Waals surface area contributed by atoms with E-state index in [0.29, 0.717) is 0 Å². The Morgan fingerprint density at radius 3 is 2.71 bits per heavy atom. The summed E-state index contributed by atoms with van der Waals surface area (Å²) in [5, 5.41) is 1.16. The summed E-state index contributed by atoms with van der Waals surface area (Å²) in [6.45, 7) is 4.00. The number of fused-ring (bicyclic) bond motifs is 1. The van der Waals surface area contributed by atoms with Gasteiger partial charge in [0.1, 0.15) is 0 Å². The molecule has 72 valence electrons. The highest BCUT2D eigenvalue weighted by atomic mass is 14.7. The van der Waals surface area contributed by atoms with Crippen LogP contribution in [0.15, 0.2) is 30.3 Å². The minimum Gasteiger partial charge on any atom is -0.324 e. The maximum absolute atomic E-state index is 5.92. The number of aromatic nitrogens is 1. The fourth-order valence-electron chi connectivity index (χ4n) is 1.72. The molecule has 14 heavy (non-hydrogen) atoms. The van der Waals surface area contributed by atoms with Gasteiger partial charge in [-0.25, -0.2) is 0 Å². The van der Waals surface area contributed by atoms with Crippen molar-refractivity contribution in [3.8, 4) is 0 Å². The van der Waals surface area contributed by atoms with E-state index in [1.807, 2.05) is 32.0 Å². The molecule has 0 unspecified atom stereocenters. The lowest BCUT2D eigenvalue weighted by molar-refractivity contribution is 0.823. The van der Waals surface area contributed by atoms with Gasteiger partial charge >= 0.3 is 0 Å². The largest absolute Gasteiger partial charge is 0.324 e. The van der Waals surface area contributed by atoms with Crippen LogP contribution in [0.2, 0.25) is 0 Å². The summed E-state index contributed by atoms with van der Waals surface area (Å²) in [5.74, 6) is 0. The van der Waals surface area contributed by atoms with Crippen molar-refractivity contribution >= 4 is 10.9 Å². The molecule has 0 spiro atoms. The molecule has 1 aromatic carbocycles. The normalized spacial score (nSPS) is 13.1. The average molecular weight is 186 g/mol. The molecule has 2 heteroatoms. The maximum Gasteiger partial charge on any atom is 0.0708 e. The highest BCUT2D eigenvalue weighted by Crippen LogP contribution is 2.22. The van der Waals surface area contributed by atoms with Gasteiger partial charge in [-0.1, -0.05) is 18.2 Å². The second-order valence-electron chi connectivity index (χ2n) is 3.66. The summed E-state index contributed by atoms with van der Waals surface area (Å²) < 4.78 is 0. The summed E-state index contributed by atoms with van der Waals surface area (Å²) >= 11 is 0. The Morgan fingerprint density at radius 2 is 2.00 bits per heavy atom. The first-order chi connectivity index (χ1) is 6.68. The van der Waals surface area contributed by atoms with E-state index in [9.17, 15) is 0 Å². The van der Waals surface area contributed by atoms with Crippen LogP contribution in [-0.2, 0) is 0 Å². The first-order valence-electron chi connectivity index (χ1n) is 4.80. The van der Waals surface area contributed by atoms with Crippen LogP contribution in [0.3, 0.4) is 0 Å². The highest BCUT2D eigenvalue weighted by Gasteiger charge is 2.06. The molecular formula is C12H14N2. The Hall–Kier alpha value is -1.41. The van der Waals surface area contributed by atoms with Gasteiger partial charge in [-0.15, -0.1) is 0 Å². The van der Waals surface area contributed by atoms with Gasteiger partial charge in [0.15, 0.2) is 0 Å². The molecule has 0 amide bonds. The zero-order chi connectivity index (χ0) is 10.1. The van der Waals surface area contributed by atoms with Crippen molar-refractivity contribution in [1.29, 1.82) is 0 Å². The molecule has 0 fully saturated rings. The molecule has 0 saturated heterocycles. The molecule has 0 aliphatic rings. The lowest BCUT2D eigenvalue weighted by atomic mass is 10.0. The molecule has 1 aromatic heterocycles. The van der Waals surface area contributed by atoms with Crippen molar-refractivity contribution in [2.24, 2.45) is 5.73 Å². The summed E-state index contributed by atoms with van der Waals surface area (Å²) in [5.41, 5.74) is 9.15. The third-order valence-electron chi connectivity index (χ3n) is 2.37. The number of nitrogens with zero attached hydrogens (tertiary/aromatic N) is 1. The predicted octanol–water partition coefficient (Wildman–Crippen LogP) is 2.56. The molecule has 0 bridgehead atoms. The van der Waals surface area contributed by atoms with Gasteiger partial charge in [-0.05, 0) is 31.5 Å². The number of pyridine rings is 1. The van der Waals surface area contributed by atoms with Gasteiger partial charge in [-0.3, -0.25) is 4.98 Å². The molecule has 2 nitrogen and oxygen atoms in total. The number of benzene rings is 1. The molecule has 1 atom stereocenters. The van der Waals surface area contributed by atoms with Gasteiger partial charge in [0.2, 0.25) is 0 Å². The zero-order valence-electron chi connectivity index (χ0n) is 8.49. The summed E-state index contributed by atoms with van der Waals surface area (Å²) in [4.78, 5) is 4.46. The van der Waals surface area contributed by atoms with E-state index in [2.05, 4.69) is 17.1 Å². The van der Waals surface area contributed by atoms with Crippen LogP contribution < -0.4 is 5.73 Å². The molecule has 0 saturated carbocycles. The van der Waals surface area contributed by atoms with E-state index in [1.54, 1.807) is 0 Å². The standard InChI is InChI=1S/C12H14N2/c1-8-7-11(9(2)13)10-5-3-4-6-12(10)14-8/h3-7,9H,13H2,1-2H3/t9-/m1/s1. The van der Waals surface area contributed by atoms with Crippen LogP contribution in [0.1, 0.15) is 24.2 Å². The molecule has 2 rings (SSSR count). The molecule has 1 heterocycles. The van der Waals surface area contributed by atoms with E-state index >= 15 is 0 Å². The molecule has 0 radical (unpaired) electrons. The van der Waals surface area contributed by atoms with Crippen LogP contribution in [0, 0.1) is 6.92 Å². The van der Waals surface area contributed by atoms with Crippen molar-refractivity contribution in [1.82, 2.24) is 4.98 Å². The second-order valence-corrected chi connectivity index (χ2v) is 3.66. The number of rotatable bonds is 1. The fraction of sp³-hybridized carbons (Fsp3) is 0.250. The third-order valence-corrected chi connectivity index (χ3v) is 2.37.